The average molecular weight is 500 g/mol. The number of sulfone groups is 1. The predicted octanol–water partition coefficient (Wildman–Crippen LogP) is 1.43. The maximum absolute atomic E-state index is 15.3. The molecule has 1 aliphatic heterocycles. The third-order valence-corrected chi connectivity index (χ3v) is 7.65. The largest absolute Gasteiger partial charge is 0.301 e. The minimum Gasteiger partial charge on any atom is -0.295 e. The molecule has 3 aromatic rings. The van der Waals surface area contributed by atoms with Gasteiger partial charge < -0.3 is 0 Å². The minimum absolute atomic E-state index is 0.0501. The van der Waals surface area contributed by atoms with E-state index in [9.17, 15) is 26.0 Å². The van der Waals surface area contributed by atoms with Gasteiger partial charge in [0.2, 0.25) is 15.0 Å². The Balaban J connectivity index is 1.87. The normalized spacial score (nSPS) is 15.3. The summed E-state index contributed by atoms with van der Waals surface area (Å²) in [4.78, 5) is 20.5. The second-order valence-corrected chi connectivity index (χ2v) is 11.2. The van der Waals surface area contributed by atoms with Crippen LogP contribution in [-0.4, -0.2) is 55.0 Å². The quantitative estimate of drug-likeness (QED) is 0.526. The van der Waals surface area contributed by atoms with Crippen molar-refractivity contribution in [1.29, 1.82) is 0 Å². The van der Waals surface area contributed by atoms with E-state index in [0.717, 1.165) is 39.5 Å². The number of fused-ring (bicyclic) bond motifs is 1. The summed E-state index contributed by atoms with van der Waals surface area (Å²) < 4.78 is 82.7. The number of anilines is 1. The number of aromatic nitrogens is 3. The molecule has 0 bridgehead atoms. The van der Waals surface area contributed by atoms with Crippen molar-refractivity contribution in [3.63, 3.8) is 0 Å². The monoisotopic (exact) mass is 499 g/mol. The van der Waals surface area contributed by atoms with Crippen molar-refractivity contribution in [3.8, 4) is 11.1 Å². The maximum atomic E-state index is 15.3. The van der Waals surface area contributed by atoms with Crippen LogP contribution in [0.3, 0.4) is 0 Å². The molecule has 1 N–H and O–H groups in total. The highest BCUT2D eigenvalue weighted by atomic mass is 32.2. The number of nitrogens with one attached hydrogen (secondary N) is 1. The van der Waals surface area contributed by atoms with Gasteiger partial charge in [0.15, 0.2) is 5.82 Å². The number of benzene rings is 1. The lowest BCUT2D eigenvalue weighted by atomic mass is 10.0. The van der Waals surface area contributed by atoms with Gasteiger partial charge in [0.05, 0.1) is 16.8 Å². The number of pyridine rings is 1. The van der Waals surface area contributed by atoms with Gasteiger partial charge in [0.25, 0.3) is 5.56 Å². The summed E-state index contributed by atoms with van der Waals surface area (Å²) in [6, 6.07) is 2.92. The first-order valence-electron chi connectivity index (χ1n) is 9.73. The van der Waals surface area contributed by atoms with Crippen molar-refractivity contribution >= 4 is 36.8 Å². The van der Waals surface area contributed by atoms with Crippen LogP contribution in [0.5, 0.6) is 0 Å². The summed E-state index contributed by atoms with van der Waals surface area (Å²) >= 11 is 0. The van der Waals surface area contributed by atoms with Crippen molar-refractivity contribution in [3.05, 3.63) is 46.4 Å². The zero-order valence-electron chi connectivity index (χ0n) is 17.5. The van der Waals surface area contributed by atoms with Gasteiger partial charge in [-0.15, -0.1) is 0 Å². The molecule has 4 rings (SSSR count). The standard InChI is InChI=1S/C19H19F2N5O5S2/c1-25-17-11(10-22-19(23-17)32(2,28)29)9-12(18(25)27)15-13(20)5-6-14(16(15)21)24-33(30,31)26-7-3-4-8-26/h5-6,9-10,24H,3-4,7-8H2,1-2H3. The summed E-state index contributed by atoms with van der Waals surface area (Å²) in [6.07, 6.45) is 3.38. The van der Waals surface area contributed by atoms with Gasteiger partial charge in [-0.1, -0.05) is 0 Å². The molecule has 2 aromatic heterocycles. The Hall–Kier alpha value is -2.97. The lowest BCUT2D eigenvalue weighted by Crippen LogP contribution is -2.33. The molecule has 176 valence electrons. The van der Waals surface area contributed by atoms with Crippen molar-refractivity contribution in [1.82, 2.24) is 18.8 Å². The highest BCUT2D eigenvalue weighted by molar-refractivity contribution is 7.90. The zero-order valence-corrected chi connectivity index (χ0v) is 19.2. The third-order valence-electron chi connectivity index (χ3n) is 5.26. The van der Waals surface area contributed by atoms with Crippen LogP contribution in [0.1, 0.15) is 12.8 Å². The fourth-order valence-electron chi connectivity index (χ4n) is 3.60. The molecule has 1 saturated heterocycles. The Morgan fingerprint density at radius 2 is 1.76 bits per heavy atom. The number of hydrogen-bond donors (Lipinski definition) is 1. The Bertz CT molecular complexity index is 1550. The van der Waals surface area contributed by atoms with Crippen molar-refractivity contribution in [2.24, 2.45) is 7.05 Å². The number of nitrogens with zero attached hydrogens (tertiary/aromatic N) is 4. The third kappa shape index (κ3) is 4.20. The number of aryl methyl sites for hydroxylation is 1. The zero-order chi connectivity index (χ0) is 24.1. The number of hydrogen-bond acceptors (Lipinski definition) is 7. The van der Waals surface area contributed by atoms with Crippen LogP contribution in [0.4, 0.5) is 14.5 Å². The molecule has 33 heavy (non-hydrogen) atoms. The molecule has 0 spiro atoms. The maximum Gasteiger partial charge on any atom is 0.301 e. The first-order valence-corrected chi connectivity index (χ1v) is 13.1. The van der Waals surface area contributed by atoms with Crippen LogP contribution in [0, 0.1) is 11.6 Å². The Morgan fingerprint density at radius 1 is 1.09 bits per heavy atom. The minimum atomic E-state index is -4.06. The molecule has 1 aromatic carbocycles. The average Bonchev–Trinajstić information content (AvgIpc) is 3.29. The fraction of sp³-hybridized carbons (Fsp3) is 0.316. The van der Waals surface area contributed by atoms with Crippen molar-refractivity contribution in [2.75, 3.05) is 24.1 Å². The van der Waals surface area contributed by atoms with Gasteiger partial charge in [-0.3, -0.25) is 14.1 Å². The predicted molar refractivity (Wildman–Crippen MR) is 117 cm³/mol. The first-order chi connectivity index (χ1) is 15.4. The summed E-state index contributed by atoms with van der Waals surface area (Å²) in [5.41, 5.74) is -2.56. The number of halogens is 2. The van der Waals surface area contributed by atoms with Crippen LogP contribution in [-0.2, 0) is 27.1 Å². The highest BCUT2D eigenvalue weighted by Crippen LogP contribution is 2.31. The van der Waals surface area contributed by atoms with Crippen LogP contribution in [0.2, 0.25) is 0 Å². The smallest absolute Gasteiger partial charge is 0.295 e. The molecule has 0 atom stereocenters. The van der Waals surface area contributed by atoms with E-state index in [1.54, 1.807) is 0 Å². The van der Waals surface area contributed by atoms with Crippen LogP contribution in [0.15, 0.2) is 34.3 Å². The van der Waals surface area contributed by atoms with Gasteiger partial charge in [-0.05, 0) is 31.0 Å². The summed E-state index contributed by atoms with van der Waals surface area (Å²) in [7, 11) is -6.55. The van der Waals surface area contributed by atoms with Gasteiger partial charge in [0, 0.05) is 38.0 Å². The van der Waals surface area contributed by atoms with Crippen LogP contribution >= 0.6 is 0 Å². The van der Waals surface area contributed by atoms with E-state index in [0.29, 0.717) is 12.8 Å². The Morgan fingerprint density at radius 3 is 2.39 bits per heavy atom. The van der Waals surface area contributed by atoms with E-state index < -0.39 is 59.2 Å². The molecule has 0 unspecified atom stereocenters. The Labute approximate surface area is 188 Å². The van der Waals surface area contributed by atoms with Gasteiger partial charge in [-0.2, -0.15) is 17.7 Å². The van der Waals surface area contributed by atoms with Crippen molar-refractivity contribution in [2.45, 2.75) is 18.0 Å². The molecule has 0 saturated carbocycles. The molecule has 0 amide bonds. The molecular formula is C19H19F2N5O5S2. The topological polar surface area (TPSA) is 131 Å². The molecule has 10 nitrogen and oxygen atoms in total. The summed E-state index contributed by atoms with van der Waals surface area (Å²) in [5.74, 6) is -2.34. The van der Waals surface area contributed by atoms with E-state index in [4.69, 9.17) is 0 Å². The van der Waals surface area contributed by atoms with Crippen molar-refractivity contribution < 1.29 is 25.6 Å². The second kappa shape index (κ2) is 8.11. The molecular weight excluding hydrogens is 480 g/mol. The number of rotatable bonds is 5. The molecule has 3 heterocycles. The van der Waals surface area contributed by atoms with E-state index in [-0.39, 0.29) is 24.1 Å². The second-order valence-electron chi connectivity index (χ2n) is 7.62. The van der Waals surface area contributed by atoms with E-state index in [1.165, 1.54) is 7.05 Å². The molecule has 1 aliphatic rings. The molecule has 0 aliphatic carbocycles. The van der Waals surface area contributed by atoms with Crippen LogP contribution in [0.25, 0.3) is 22.2 Å². The SMILES string of the molecule is Cn1c(=O)c(-c2c(F)ccc(NS(=O)(=O)N3CCCC3)c2F)cc2cnc(S(C)(=O)=O)nc21. The molecule has 0 radical (unpaired) electrons. The molecule has 1 fully saturated rings. The summed E-state index contributed by atoms with van der Waals surface area (Å²) in [5, 5.41) is -0.352. The fourth-order valence-corrected chi connectivity index (χ4v) is 5.40. The van der Waals surface area contributed by atoms with E-state index >= 15 is 4.39 Å². The van der Waals surface area contributed by atoms with Gasteiger partial charge in [-0.25, -0.2) is 22.2 Å². The summed E-state index contributed by atoms with van der Waals surface area (Å²) in [6.45, 7) is 0.567. The van der Waals surface area contributed by atoms with E-state index in [1.807, 2.05) is 0 Å². The van der Waals surface area contributed by atoms with Gasteiger partial charge >= 0.3 is 10.2 Å². The van der Waals surface area contributed by atoms with Crippen LogP contribution < -0.4 is 10.3 Å². The van der Waals surface area contributed by atoms with E-state index in [2.05, 4.69) is 14.7 Å². The first kappa shape index (κ1) is 23.2. The molecule has 14 heteroatoms. The lowest BCUT2D eigenvalue weighted by molar-refractivity contribution is 0.482. The highest BCUT2D eigenvalue weighted by Gasteiger charge is 2.28. The lowest BCUT2D eigenvalue weighted by Gasteiger charge is -2.18. The Kier molecular flexibility index (Phi) is 5.70. The van der Waals surface area contributed by atoms with Gasteiger partial charge in [0.1, 0.15) is 11.5 Å².